The average molecular weight is 188 g/mol. The topological polar surface area (TPSA) is 0 Å². The fourth-order valence-corrected chi connectivity index (χ4v) is 4.67. The number of hydrogen-bond donors (Lipinski definition) is 0. The van der Waals surface area contributed by atoms with Gasteiger partial charge in [0.2, 0.25) is 0 Å². The van der Waals surface area contributed by atoms with E-state index < -0.39 is 8.07 Å². The molecule has 0 radical (unpaired) electrons. The van der Waals surface area contributed by atoms with Crippen LogP contribution in [-0.2, 0) is 0 Å². The van der Waals surface area contributed by atoms with E-state index in [4.69, 9.17) is 0 Å². The van der Waals surface area contributed by atoms with Crippen molar-refractivity contribution >= 4 is 8.07 Å². The third-order valence-corrected chi connectivity index (χ3v) is 6.61. The van der Waals surface area contributed by atoms with Crippen molar-refractivity contribution in [3.05, 3.63) is 46.8 Å². The lowest BCUT2D eigenvalue weighted by Crippen LogP contribution is -2.30. The molecule has 0 unspecified atom stereocenters. The molecule has 0 nitrogen and oxygen atoms in total. The van der Waals surface area contributed by atoms with Crippen molar-refractivity contribution in [3.63, 3.8) is 0 Å². The first-order valence-corrected chi connectivity index (χ1v) is 7.95. The molecule has 0 amide bonds. The number of rotatable bonds is 2. The van der Waals surface area contributed by atoms with Crippen molar-refractivity contribution in [2.75, 3.05) is 0 Å². The van der Waals surface area contributed by atoms with E-state index in [0.717, 1.165) is 12.8 Å². The molecule has 2 aliphatic carbocycles. The van der Waals surface area contributed by atoms with Gasteiger partial charge in [-0.25, -0.2) is 0 Å². The van der Waals surface area contributed by atoms with Gasteiger partial charge in [0, 0.05) is 0 Å². The maximum absolute atomic E-state index is 2.44. The van der Waals surface area contributed by atoms with Gasteiger partial charge in [0.25, 0.3) is 0 Å². The molecule has 13 heavy (non-hydrogen) atoms. The maximum Gasteiger partial charge on any atom is 0.111 e. The van der Waals surface area contributed by atoms with Crippen molar-refractivity contribution in [3.8, 4) is 0 Å². The summed E-state index contributed by atoms with van der Waals surface area (Å²) >= 11 is 0. The molecule has 0 heterocycles. The summed E-state index contributed by atoms with van der Waals surface area (Å²) in [5.74, 6) is 0. The van der Waals surface area contributed by atoms with Crippen molar-refractivity contribution < 1.29 is 0 Å². The van der Waals surface area contributed by atoms with Gasteiger partial charge in [0.05, 0.1) is 0 Å². The van der Waals surface area contributed by atoms with Gasteiger partial charge < -0.3 is 0 Å². The second kappa shape index (κ2) is 3.15. The molecule has 0 aromatic carbocycles. The highest BCUT2D eigenvalue weighted by molar-refractivity contribution is 6.91. The summed E-state index contributed by atoms with van der Waals surface area (Å²) in [6.45, 7) is 4.88. The number of hydrogen-bond acceptors (Lipinski definition) is 0. The SMILES string of the molecule is C[Si](C)(C1=CCC=C1)C1=CCC=C1. The molecule has 0 aliphatic heterocycles. The molecule has 2 aliphatic rings. The zero-order valence-electron chi connectivity index (χ0n) is 8.38. The van der Waals surface area contributed by atoms with E-state index >= 15 is 0 Å². The quantitative estimate of drug-likeness (QED) is 0.581. The molecule has 0 fully saturated rings. The molecule has 1 heteroatoms. The largest absolute Gasteiger partial charge is 0.111 e. The molecule has 0 bridgehead atoms. The fourth-order valence-electron chi connectivity index (χ4n) is 2.01. The summed E-state index contributed by atoms with van der Waals surface area (Å²) in [7, 11) is -1.29. The Hall–Kier alpha value is -0.823. The Labute approximate surface area is 81.4 Å². The monoisotopic (exact) mass is 188 g/mol. The highest BCUT2D eigenvalue weighted by atomic mass is 28.3. The van der Waals surface area contributed by atoms with E-state index in [0.29, 0.717) is 0 Å². The van der Waals surface area contributed by atoms with Crippen LogP contribution >= 0.6 is 0 Å². The van der Waals surface area contributed by atoms with E-state index in [9.17, 15) is 0 Å². The lowest BCUT2D eigenvalue weighted by Gasteiger charge is -2.23. The molecule has 0 aromatic rings. The van der Waals surface area contributed by atoms with Gasteiger partial charge in [-0.1, -0.05) is 59.9 Å². The predicted octanol–water partition coefficient (Wildman–Crippen LogP) is 3.55. The van der Waals surface area contributed by atoms with Crippen molar-refractivity contribution in [1.29, 1.82) is 0 Å². The Kier molecular flexibility index (Phi) is 2.12. The fraction of sp³-hybridized carbons (Fsp3) is 0.333. The first-order valence-electron chi connectivity index (χ1n) is 4.95. The van der Waals surface area contributed by atoms with Crippen LogP contribution in [0.25, 0.3) is 0 Å². The summed E-state index contributed by atoms with van der Waals surface area (Å²) in [5.41, 5.74) is 0. The minimum Gasteiger partial charge on any atom is -0.0811 e. The van der Waals surface area contributed by atoms with Gasteiger partial charge >= 0.3 is 0 Å². The minimum absolute atomic E-state index is 1.14. The van der Waals surface area contributed by atoms with E-state index in [1.807, 2.05) is 0 Å². The van der Waals surface area contributed by atoms with Crippen LogP contribution < -0.4 is 0 Å². The van der Waals surface area contributed by atoms with Gasteiger partial charge in [-0.05, 0) is 12.8 Å². The van der Waals surface area contributed by atoms with Gasteiger partial charge in [-0.2, -0.15) is 0 Å². The Bertz CT molecular complexity index is 295. The predicted molar refractivity (Wildman–Crippen MR) is 61.2 cm³/mol. The smallest absolute Gasteiger partial charge is 0.0811 e. The van der Waals surface area contributed by atoms with E-state index in [1.165, 1.54) is 0 Å². The van der Waals surface area contributed by atoms with E-state index in [1.54, 1.807) is 10.4 Å². The average Bonchev–Trinajstić information content (AvgIpc) is 2.78. The van der Waals surface area contributed by atoms with E-state index in [2.05, 4.69) is 49.6 Å². The van der Waals surface area contributed by atoms with Crippen LogP contribution in [0.2, 0.25) is 13.1 Å². The summed E-state index contributed by atoms with van der Waals surface area (Å²) in [4.78, 5) is 0. The summed E-state index contributed by atoms with van der Waals surface area (Å²) in [5, 5.41) is 3.20. The molecule has 68 valence electrons. The molecular formula is C12H16Si. The van der Waals surface area contributed by atoms with Gasteiger partial charge in [-0.3, -0.25) is 0 Å². The lowest BCUT2D eigenvalue weighted by atomic mass is 10.5. The maximum atomic E-state index is 2.44. The van der Waals surface area contributed by atoms with Gasteiger partial charge in [0.15, 0.2) is 0 Å². The second-order valence-electron chi connectivity index (χ2n) is 4.22. The van der Waals surface area contributed by atoms with Crippen LogP contribution in [-0.4, -0.2) is 8.07 Å². The summed E-state index contributed by atoms with van der Waals surface area (Å²) in [6, 6.07) is 0. The molecule has 0 aromatic heterocycles. The molecule has 0 spiro atoms. The Morgan fingerprint density at radius 3 is 1.69 bits per heavy atom. The first kappa shape index (κ1) is 8.76. The van der Waals surface area contributed by atoms with Crippen LogP contribution in [0, 0.1) is 0 Å². The Morgan fingerprint density at radius 2 is 1.38 bits per heavy atom. The van der Waals surface area contributed by atoms with Crippen LogP contribution in [0.15, 0.2) is 46.8 Å². The zero-order chi connectivity index (χ0) is 9.31. The molecule has 0 saturated carbocycles. The Balaban J connectivity index is 2.29. The lowest BCUT2D eigenvalue weighted by molar-refractivity contribution is 1.44. The summed E-state index contributed by atoms with van der Waals surface area (Å²) < 4.78 is 0. The highest BCUT2D eigenvalue weighted by Crippen LogP contribution is 2.30. The van der Waals surface area contributed by atoms with Crippen LogP contribution in [0.4, 0.5) is 0 Å². The Morgan fingerprint density at radius 1 is 0.923 bits per heavy atom. The van der Waals surface area contributed by atoms with Crippen LogP contribution in [0.3, 0.4) is 0 Å². The van der Waals surface area contributed by atoms with E-state index in [-0.39, 0.29) is 0 Å². The normalized spacial score (nSPS) is 20.8. The first-order chi connectivity index (χ1) is 6.21. The third-order valence-electron chi connectivity index (χ3n) is 2.99. The zero-order valence-corrected chi connectivity index (χ0v) is 9.38. The van der Waals surface area contributed by atoms with Gasteiger partial charge in [0.1, 0.15) is 8.07 Å². The number of allylic oxidation sites excluding steroid dienone is 8. The molecule has 0 saturated heterocycles. The van der Waals surface area contributed by atoms with Crippen molar-refractivity contribution in [2.24, 2.45) is 0 Å². The molecule has 2 rings (SSSR count). The molecular weight excluding hydrogens is 172 g/mol. The van der Waals surface area contributed by atoms with Crippen molar-refractivity contribution in [2.45, 2.75) is 25.9 Å². The second-order valence-corrected chi connectivity index (χ2v) is 8.62. The molecule has 0 N–H and O–H groups in total. The molecule has 0 atom stereocenters. The minimum atomic E-state index is -1.29. The van der Waals surface area contributed by atoms with Gasteiger partial charge in [-0.15, -0.1) is 0 Å². The van der Waals surface area contributed by atoms with Crippen molar-refractivity contribution in [1.82, 2.24) is 0 Å². The highest BCUT2D eigenvalue weighted by Gasteiger charge is 2.29. The third kappa shape index (κ3) is 1.48. The van der Waals surface area contributed by atoms with Crippen LogP contribution in [0.1, 0.15) is 12.8 Å². The summed E-state index contributed by atoms with van der Waals surface area (Å²) in [6.07, 6.45) is 16.2. The van der Waals surface area contributed by atoms with Crippen LogP contribution in [0.5, 0.6) is 0 Å². The standard InChI is InChI=1S/C12H16Si/c1-13(2,11-7-3-4-8-11)12-9-5-6-10-12/h3,5,7-10H,4,6H2,1-2H3.